The molecule has 0 heterocycles. The van der Waals surface area contributed by atoms with Crippen LogP contribution in [0.25, 0.3) is 0 Å². The summed E-state index contributed by atoms with van der Waals surface area (Å²) in [6, 6.07) is 6.75. The molecule has 5 N–H and O–H groups in total. The second-order valence-electron chi connectivity index (χ2n) is 5.53. The van der Waals surface area contributed by atoms with Gasteiger partial charge in [-0.1, -0.05) is 0 Å². The molecule has 1 aromatic rings. The standard InChI is InChI=1S/C14H22N4O2/c1-14(2,3)17-12(19)8-9-16-13(20)10-4-6-11(18-15)7-5-10/h4-7,18H,8-9,15H2,1-3H3,(H,16,20)(H,17,19). The van der Waals surface area contributed by atoms with Crippen LogP contribution in [0.2, 0.25) is 0 Å². The zero-order chi connectivity index (χ0) is 15.2. The molecule has 0 fully saturated rings. The van der Waals surface area contributed by atoms with Crippen LogP contribution in [0.4, 0.5) is 5.69 Å². The molecule has 2 amide bonds. The van der Waals surface area contributed by atoms with Crippen LogP contribution in [-0.2, 0) is 4.79 Å². The highest BCUT2D eigenvalue weighted by atomic mass is 16.2. The van der Waals surface area contributed by atoms with Crippen LogP contribution >= 0.6 is 0 Å². The number of carbonyl (C=O) groups is 2. The van der Waals surface area contributed by atoms with Gasteiger partial charge in [-0.15, -0.1) is 0 Å². The van der Waals surface area contributed by atoms with Crippen molar-refractivity contribution in [2.45, 2.75) is 32.7 Å². The predicted octanol–water partition coefficient (Wildman–Crippen LogP) is 1.01. The Morgan fingerprint density at radius 2 is 1.75 bits per heavy atom. The number of hydrazine groups is 1. The normalized spacial score (nSPS) is 10.8. The number of hydrogen-bond acceptors (Lipinski definition) is 4. The third-order valence-corrected chi connectivity index (χ3v) is 2.47. The van der Waals surface area contributed by atoms with Crippen molar-refractivity contribution in [3.05, 3.63) is 29.8 Å². The largest absolute Gasteiger partial charge is 0.352 e. The van der Waals surface area contributed by atoms with Crippen molar-refractivity contribution in [3.63, 3.8) is 0 Å². The number of nitrogens with two attached hydrogens (primary N) is 1. The molecule has 6 nitrogen and oxygen atoms in total. The Hall–Kier alpha value is -2.08. The Kier molecular flexibility index (Phi) is 5.52. The fraction of sp³-hybridized carbons (Fsp3) is 0.429. The molecule has 0 aliphatic rings. The lowest BCUT2D eigenvalue weighted by molar-refractivity contribution is -0.122. The molecule has 0 bridgehead atoms. The van der Waals surface area contributed by atoms with Gasteiger partial charge in [0, 0.05) is 29.8 Å². The number of hydrogen-bond donors (Lipinski definition) is 4. The van der Waals surface area contributed by atoms with E-state index in [1.807, 2.05) is 20.8 Å². The van der Waals surface area contributed by atoms with Crippen LogP contribution < -0.4 is 21.9 Å². The van der Waals surface area contributed by atoms with Gasteiger partial charge in [0.1, 0.15) is 0 Å². The van der Waals surface area contributed by atoms with Gasteiger partial charge in [-0.05, 0) is 45.0 Å². The predicted molar refractivity (Wildman–Crippen MR) is 79.1 cm³/mol. The second kappa shape index (κ2) is 6.91. The Morgan fingerprint density at radius 1 is 1.15 bits per heavy atom. The van der Waals surface area contributed by atoms with Crippen LogP contribution in [0.3, 0.4) is 0 Å². The maximum Gasteiger partial charge on any atom is 0.251 e. The molecule has 0 saturated carbocycles. The molecule has 20 heavy (non-hydrogen) atoms. The molecule has 6 heteroatoms. The third kappa shape index (κ3) is 5.71. The molecule has 0 spiro atoms. The van der Waals surface area contributed by atoms with Crippen molar-refractivity contribution >= 4 is 17.5 Å². The summed E-state index contributed by atoms with van der Waals surface area (Å²) in [4.78, 5) is 23.4. The summed E-state index contributed by atoms with van der Waals surface area (Å²) >= 11 is 0. The van der Waals surface area contributed by atoms with Crippen molar-refractivity contribution in [2.24, 2.45) is 5.84 Å². The van der Waals surface area contributed by atoms with E-state index in [0.29, 0.717) is 12.1 Å². The fourth-order valence-electron chi connectivity index (χ4n) is 1.59. The number of nitrogens with one attached hydrogen (secondary N) is 3. The number of amides is 2. The van der Waals surface area contributed by atoms with Crippen molar-refractivity contribution in [2.75, 3.05) is 12.0 Å². The summed E-state index contributed by atoms with van der Waals surface area (Å²) in [6.07, 6.45) is 0.255. The lowest BCUT2D eigenvalue weighted by Crippen LogP contribution is -2.41. The first-order valence-corrected chi connectivity index (χ1v) is 6.48. The van der Waals surface area contributed by atoms with Crippen LogP contribution in [0.15, 0.2) is 24.3 Å². The maximum absolute atomic E-state index is 11.8. The smallest absolute Gasteiger partial charge is 0.251 e. The Morgan fingerprint density at radius 3 is 2.25 bits per heavy atom. The molecule has 1 aromatic carbocycles. The van der Waals surface area contributed by atoms with Crippen LogP contribution in [0.1, 0.15) is 37.6 Å². The molecule has 0 saturated heterocycles. The van der Waals surface area contributed by atoms with Gasteiger partial charge >= 0.3 is 0 Å². The summed E-state index contributed by atoms with van der Waals surface area (Å²) in [5, 5.41) is 5.54. The van der Waals surface area contributed by atoms with E-state index in [-0.39, 0.29) is 23.8 Å². The maximum atomic E-state index is 11.8. The molecule has 0 radical (unpaired) electrons. The van der Waals surface area contributed by atoms with Crippen LogP contribution in [0.5, 0.6) is 0 Å². The van der Waals surface area contributed by atoms with Crippen molar-refractivity contribution < 1.29 is 9.59 Å². The number of carbonyl (C=O) groups excluding carboxylic acids is 2. The quantitative estimate of drug-likeness (QED) is 0.477. The highest BCUT2D eigenvalue weighted by Crippen LogP contribution is 2.07. The van der Waals surface area contributed by atoms with E-state index in [0.717, 1.165) is 5.69 Å². The number of nitrogen functional groups attached to an aromatic ring is 1. The van der Waals surface area contributed by atoms with Gasteiger partial charge in [0.15, 0.2) is 0 Å². The Balaban J connectivity index is 2.38. The number of benzene rings is 1. The number of anilines is 1. The summed E-state index contributed by atoms with van der Waals surface area (Å²) < 4.78 is 0. The zero-order valence-electron chi connectivity index (χ0n) is 12.1. The van der Waals surface area contributed by atoms with Gasteiger partial charge in [0.2, 0.25) is 5.91 Å². The molecule has 0 unspecified atom stereocenters. The lowest BCUT2D eigenvalue weighted by atomic mass is 10.1. The first kappa shape index (κ1) is 16.0. The van der Waals surface area contributed by atoms with E-state index in [1.165, 1.54) is 0 Å². The molecule has 110 valence electrons. The zero-order valence-corrected chi connectivity index (χ0v) is 12.1. The molecule has 0 atom stereocenters. The lowest BCUT2D eigenvalue weighted by Gasteiger charge is -2.20. The highest BCUT2D eigenvalue weighted by molar-refractivity contribution is 5.94. The van der Waals surface area contributed by atoms with E-state index < -0.39 is 0 Å². The third-order valence-electron chi connectivity index (χ3n) is 2.47. The van der Waals surface area contributed by atoms with Crippen LogP contribution in [0, 0.1) is 0 Å². The molecule has 0 aliphatic carbocycles. The van der Waals surface area contributed by atoms with Gasteiger partial charge in [0.25, 0.3) is 5.91 Å². The van der Waals surface area contributed by atoms with E-state index in [4.69, 9.17) is 5.84 Å². The van der Waals surface area contributed by atoms with E-state index in [9.17, 15) is 9.59 Å². The topological polar surface area (TPSA) is 96.2 Å². The van der Waals surface area contributed by atoms with Crippen molar-refractivity contribution in [1.82, 2.24) is 10.6 Å². The van der Waals surface area contributed by atoms with Gasteiger partial charge in [-0.25, -0.2) is 0 Å². The summed E-state index contributed by atoms with van der Waals surface area (Å²) in [5.74, 6) is 4.95. The molecule has 1 rings (SSSR count). The minimum absolute atomic E-state index is 0.0829. The second-order valence-corrected chi connectivity index (χ2v) is 5.53. The number of rotatable bonds is 5. The van der Waals surface area contributed by atoms with Gasteiger partial charge in [-0.2, -0.15) is 0 Å². The average Bonchev–Trinajstić information content (AvgIpc) is 2.36. The summed E-state index contributed by atoms with van der Waals surface area (Å²) in [7, 11) is 0. The Labute approximate surface area is 119 Å². The molecular weight excluding hydrogens is 256 g/mol. The molecular formula is C14H22N4O2. The van der Waals surface area contributed by atoms with Gasteiger partial charge in [0.05, 0.1) is 0 Å². The minimum Gasteiger partial charge on any atom is -0.352 e. The van der Waals surface area contributed by atoms with Crippen molar-refractivity contribution in [1.29, 1.82) is 0 Å². The van der Waals surface area contributed by atoms with Gasteiger partial charge < -0.3 is 16.1 Å². The fourth-order valence-corrected chi connectivity index (χ4v) is 1.59. The summed E-state index contributed by atoms with van der Waals surface area (Å²) in [6.45, 7) is 6.04. The average molecular weight is 278 g/mol. The van der Waals surface area contributed by atoms with E-state index >= 15 is 0 Å². The van der Waals surface area contributed by atoms with Crippen LogP contribution in [-0.4, -0.2) is 23.9 Å². The highest BCUT2D eigenvalue weighted by Gasteiger charge is 2.13. The van der Waals surface area contributed by atoms with E-state index in [2.05, 4.69) is 16.1 Å². The van der Waals surface area contributed by atoms with Crippen molar-refractivity contribution in [3.8, 4) is 0 Å². The van der Waals surface area contributed by atoms with E-state index in [1.54, 1.807) is 24.3 Å². The molecule has 0 aliphatic heterocycles. The SMILES string of the molecule is CC(C)(C)NC(=O)CCNC(=O)c1ccc(NN)cc1. The molecule has 0 aromatic heterocycles. The monoisotopic (exact) mass is 278 g/mol. The Bertz CT molecular complexity index is 463. The van der Waals surface area contributed by atoms with Gasteiger partial charge in [-0.3, -0.25) is 15.4 Å². The first-order valence-electron chi connectivity index (χ1n) is 6.48. The first-order chi connectivity index (χ1) is 9.31. The minimum atomic E-state index is -0.258. The summed E-state index contributed by atoms with van der Waals surface area (Å²) in [5.41, 5.74) is 3.49.